The molecule has 192 valence electrons. The predicted molar refractivity (Wildman–Crippen MR) is 145 cm³/mol. The van der Waals surface area contributed by atoms with Gasteiger partial charge in [0, 0.05) is 17.2 Å². The normalized spacial score (nSPS) is 13.1. The first-order valence-corrected chi connectivity index (χ1v) is 13.1. The second-order valence-electron chi connectivity index (χ2n) is 9.04. The zero-order valence-electron chi connectivity index (χ0n) is 20.5. The Labute approximate surface area is 228 Å². The second kappa shape index (κ2) is 10.2. The average molecular weight is 548 g/mol. The Morgan fingerprint density at radius 2 is 1.79 bits per heavy atom. The van der Waals surface area contributed by atoms with Gasteiger partial charge in [-0.3, -0.25) is 4.57 Å². The molecule has 0 bridgehead atoms. The third-order valence-corrected chi connectivity index (χ3v) is 7.17. The summed E-state index contributed by atoms with van der Waals surface area (Å²) in [5, 5.41) is 5.35. The molecule has 1 aliphatic rings. The van der Waals surface area contributed by atoms with Crippen LogP contribution in [0.2, 0.25) is 10.0 Å². The molecule has 2 heterocycles. The molecule has 38 heavy (non-hydrogen) atoms. The highest BCUT2D eigenvalue weighted by atomic mass is 35.5. The molecule has 0 unspecified atom stereocenters. The molecule has 5 aromatic rings. The number of rotatable bonds is 8. The first kappa shape index (κ1) is 24.5. The summed E-state index contributed by atoms with van der Waals surface area (Å²) in [6.07, 6.45) is 3.81. The van der Waals surface area contributed by atoms with Crippen LogP contribution in [0.5, 0.6) is 5.75 Å². The number of para-hydroxylation sites is 1. The van der Waals surface area contributed by atoms with Gasteiger partial charge in [-0.15, -0.1) is 0 Å². The number of hydrogen-bond donors (Lipinski definition) is 0. The molecule has 7 nitrogen and oxygen atoms in total. The molecule has 0 atom stereocenters. The van der Waals surface area contributed by atoms with Crippen LogP contribution in [0, 0.1) is 0 Å². The molecule has 0 amide bonds. The van der Waals surface area contributed by atoms with E-state index in [-0.39, 0.29) is 12.6 Å². The molecule has 0 N–H and O–H groups in total. The Bertz CT molecular complexity index is 1620. The second-order valence-corrected chi connectivity index (χ2v) is 9.85. The maximum atomic E-state index is 12.3. The fraction of sp³-hybridized carbons (Fsp3) is 0.207. The highest BCUT2D eigenvalue weighted by molar-refractivity contribution is 6.39. The van der Waals surface area contributed by atoms with E-state index in [0.29, 0.717) is 50.7 Å². The Balaban J connectivity index is 1.26. The molecule has 0 saturated heterocycles. The predicted octanol–water partition coefficient (Wildman–Crippen LogP) is 7.62. The molecule has 0 spiro atoms. The number of ether oxygens (including phenoxy) is 2. The van der Waals surface area contributed by atoms with Crippen LogP contribution in [0.4, 0.5) is 0 Å². The van der Waals surface area contributed by atoms with Crippen molar-refractivity contribution in [2.24, 2.45) is 0 Å². The van der Waals surface area contributed by atoms with Gasteiger partial charge >= 0.3 is 5.97 Å². The zero-order chi connectivity index (χ0) is 26.2. The van der Waals surface area contributed by atoms with Crippen molar-refractivity contribution < 1.29 is 18.8 Å². The van der Waals surface area contributed by atoms with E-state index < -0.39 is 0 Å². The first-order chi connectivity index (χ1) is 18.5. The van der Waals surface area contributed by atoms with Crippen molar-refractivity contribution in [2.75, 3.05) is 6.61 Å². The molecule has 0 aliphatic heterocycles. The van der Waals surface area contributed by atoms with Crippen LogP contribution < -0.4 is 4.74 Å². The molecule has 6 rings (SSSR count). The summed E-state index contributed by atoms with van der Waals surface area (Å²) in [4.78, 5) is 16.8. The molecular weight excluding hydrogens is 525 g/mol. The van der Waals surface area contributed by atoms with Crippen LogP contribution in [-0.2, 0) is 11.3 Å². The molecule has 1 saturated carbocycles. The number of carbonyl (C=O) groups is 1. The van der Waals surface area contributed by atoms with E-state index in [9.17, 15) is 4.79 Å². The third-order valence-electron chi connectivity index (χ3n) is 6.54. The lowest BCUT2D eigenvalue weighted by Crippen LogP contribution is -2.05. The van der Waals surface area contributed by atoms with Crippen LogP contribution in [0.3, 0.4) is 0 Å². The summed E-state index contributed by atoms with van der Waals surface area (Å²) in [6.45, 7) is 2.35. The van der Waals surface area contributed by atoms with Crippen molar-refractivity contribution in [1.29, 1.82) is 0 Å². The maximum Gasteiger partial charge on any atom is 0.340 e. The molecule has 1 fully saturated rings. The van der Waals surface area contributed by atoms with Gasteiger partial charge in [0.25, 0.3) is 0 Å². The summed E-state index contributed by atoms with van der Waals surface area (Å²) < 4.78 is 19.0. The van der Waals surface area contributed by atoms with E-state index in [1.54, 1.807) is 37.5 Å². The average Bonchev–Trinajstić information content (AvgIpc) is 3.54. The van der Waals surface area contributed by atoms with Crippen molar-refractivity contribution in [3.8, 4) is 22.7 Å². The van der Waals surface area contributed by atoms with Crippen LogP contribution >= 0.6 is 23.2 Å². The van der Waals surface area contributed by atoms with E-state index >= 15 is 0 Å². The first-order valence-electron chi connectivity index (χ1n) is 12.3. The van der Waals surface area contributed by atoms with Crippen LogP contribution in [0.25, 0.3) is 28.0 Å². The fourth-order valence-electron chi connectivity index (χ4n) is 4.53. The van der Waals surface area contributed by atoms with Crippen LogP contribution in [0.15, 0.2) is 71.5 Å². The number of halogens is 2. The van der Waals surface area contributed by atoms with Gasteiger partial charge in [-0.2, -0.15) is 0 Å². The highest BCUT2D eigenvalue weighted by Crippen LogP contribution is 2.46. The molecule has 3 aromatic carbocycles. The van der Waals surface area contributed by atoms with Gasteiger partial charge in [-0.25, -0.2) is 9.78 Å². The number of esters is 1. The van der Waals surface area contributed by atoms with Crippen molar-refractivity contribution in [2.45, 2.75) is 32.3 Å². The summed E-state index contributed by atoms with van der Waals surface area (Å²) in [6, 6.07) is 18.5. The Kier molecular flexibility index (Phi) is 6.55. The van der Waals surface area contributed by atoms with Gasteiger partial charge in [-0.1, -0.05) is 40.5 Å². The topological polar surface area (TPSA) is 79.4 Å². The van der Waals surface area contributed by atoms with Crippen molar-refractivity contribution in [1.82, 2.24) is 14.7 Å². The molecule has 0 radical (unpaired) electrons. The largest absolute Gasteiger partial charge is 0.489 e. The van der Waals surface area contributed by atoms with Gasteiger partial charge in [0.15, 0.2) is 0 Å². The van der Waals surface area contributed by atoms with Gasteiger partial charge in [0.05, 0.1) is 33.3 Å². The Morgan fingerprint density at radius 3 is 2.50 bits per heavy atom. The number of carbonyl (C=O) groups excluding carboxylic acids is 1. The minimum Gasteiger partial charge on any atom is -0.489 e. The number of nitrogens with zero attached hydrogens (tertiary/aromatic N) is 3. The maximum absolute atomic E-state index is 12.3. The van der Waals surface area contributed by atoms with Crippen molar-refractivity contribution in [3.05, 3.63) is 93.9 Å². The summed E-state index contributed by atoms with van der Waals surface area (Å²) in [7, 11) is 0. The lowest BCUT2D eigenvalue weighted by atomic mass is 10.0. The van der Waals surface area contributed by atoms with E-state index in [1.165, 1.54) is 0 Å². The number of imidazole rings is 1. The number of fused-ring (bicyclic) bond motifs is 1. The number of aromatic nitrogens is 3. The van der Waals surface area contributed by atoms with E-state index in [2.05, 4.69) is 10.1 Å². The van der Waals surface area contributed by atoms with Crippen molar-refractivity contribution in [3.63, 3.8) is 0 Å². The standard InChI is InChI=1S/C29H23Cl2N3O4/c1-2-36-29(35)20-5-3-8-24-26(20)32-16-34(24)18-11-13-19(14-12-18)37-15-21-27(33-38-28(21)17-9-10-17)25-22(30)6-4-7-23(25)31/h3-8,11-14,16-17H,2,9-10,15H2,1H3. The molecule has 9 heteroatoms. The van der Waals surface area contributed by atoms with E-state index in [0.717, 1.165) is 35.4 Å². The highest BCUT2D eigenvalue weighted by Gasteiger charge is 2.33. The Hall–Kier alpha value is -3.81. The summed E-state index contributed by atoms with van der Waals surface area (Å²) in [5.74, 6) is 1.47. The minimum absolute atomic E-state index is 0.266. The number of benzene rings is 3. The van der Waals surface area contributed by atoms with Gasteiger partial charge in [0.1, 0.15) is 35.7 Å². The molecule has 1 aliphatic carbocycles. The minimum atomic E-state index is -0.385. The van der Waals surface area contributed by atoms with Gasteiger partial charge in [-0.05, 0) is 68.3 Å². The Morgan fingerprint density at radius 1 is 1.05 bits per heavy atom. The quantitative estimate of drug-likeness (QED) is 0.186. The zero-order valence-corrected chi connectivity index (χ0v) is 22.0. The van der Waals surface area contributed by atoms with Crippen LogP contribution in [-0.4, -0.2) is 27.3 Å². The smallest absolute Gasteiger partial charge is 0.340 e. The summed E-state index contributed by atoms with van der Waals surface area (Å²) in [5.41, 5.74) is 4.85. The third kappa shape index (κ3) is 4.52. The fourth-order valence-corrected chi connectivity index (χ4v) is 5.10. The van der Waals surface area contributed by atoms with Gasteiger partial charge < -0.3 is 14.0 Å². The molecule has 2 aromatic heterocycles. The van der Waals surface area contributed by atoms with E-state index in [4.69, 9.17) is 37.2 Å². The molecular formula is C29H23Cl2N3O4. The van der Waals surface area contributed by atoms with Gasteiger partial charge in [0.2, 0.25) is 0 Å². The lowest BCUT2D eigenvalue weighted by molar-refractivity contribution is 0.0528. The number of hydrogen-bond acceptors (Lipinski definition) is 6. The lowest BCUT2D eigenvalue weighted by Gasteiger charge is -2.11. The van der Waals surface area contributed by atoms with Crippen molar-refractivity contribution >= 4 is 40.2 Å². The monoisotopic (exact) mass is 547 g/mol. The van der Waals surface area contributed by atoms with Crippen LogP contribution in [0.1, 0.15) is 47.4 Å². The van der Waals surface area contributed by atoms with E-state index in [1.807, 2.05) is 41.0 Å². The SMILES string of the molecule is CCOC(=O)c1cccc2c1ncn2-c1ccc(OCc2c(-c3c(Cl)cccc3Cl)noc2C2CC2)cc1. The summed E-state index contributed by atoms with van der Waals surface area (Å²) >= 11 is 12.9.